The van der Waals surface area contributed by atoms with Crippen LogP contribution in [-0.2, 0) is 9.84 Å². The standard InChI is InChI=1S/C10H15ClN2O2S/c1-16(14,15)7-6-10(13-12)8-2-4-9(11)5-3-8/h2-5,10,13H,6-7,12H2,1H3. The van der Waals surface area contributed by atoms with Gasteiger partial charge < -0.3 is 0 Å². The number of benzene rings is 1. The summed E-state index contributed by atoms with van der Waals surface area (Å²) in [6.45, 7) is 0. The summed E-state index contributed by atoms with van der Waals surface area (Å²) in [4.78, 5) is 0. The van der Waals surface area contributed by atoms with Crippen molar-refractivity contribution in [2.45, 2.75) is 12.5 Å². The summed E-state index contributed by atoms with van der Waals surface area (Å²) < 4.78 is 22.1. The molecule has 0 aliphatic heterocycles. The van der Waals surface area contributed by atoms with Gasteiger partial charge in [0, 0.05) is 17.3 Å². The predicted molar refractivity (Wildman–Crippen MR) is 65.8 cm³/mol. The number of rotatable bonds is 5. The third-order valence-electron chi connectivity index (χ3n) is 2.25. The van der Waals surface area contributed by atoms with E-state index in [1.807, 2.05) is 12.1 Å². The van der Waals surface area contributed by atoms with Gasteiger partial charge in [-0.15, -0.1) is 0 Å². The van der Waals surface area contributed by atoms with Crippen LogP contribution in [0.25, 0.3) is 0 Å². The number of nitrogens with one attached hydrogen (secondary N) is 1. The second-order valence-electron chi connectivity index (χ2n) is 3.69. The lowest BCUT2D eigenvalue weighted by atomic mass is 10.1. The summed E-state index contributed by atoms with van der Waals surface area (Å²) in [5, 5.41) is 0.641. The van der Waals surface area contributed by atoms with Crippen molar-refractivity contribution in [3.8, 4) is 0 Å². The Hall–Kier alpha value is -0.620. The molecule has 0 radical (unpaired) electrons. The smallest absolute Gasteiger partial charge is 0.147 e. The third-order valence-corrected chi connectivity index (χ3v) is 3.48. The first kappa shape index (κ1) is 13.4. The van der Waals surface area contributed by atoms with Gasteiger partial charge in [0.1, 0.15) is 9.84 Å². The molecule has 0 aromatic heterocycles. The number of sulfone groups is 1. The highest BCUT2D eigenvalue weighted by molar-refractivity contribution is 7.90. The molecule has 0 saturated carbocycles. The molecule has 6 heteroatoms. The van der Waals surface area contributed by atoms with Crippen LogP contribution in [0.4, 0.5) is 0 Å². The van der Waals surface area contributed by atoms with Crippen molar-refractivity contribution in [3.63, 3.8) is 0 Å². The highest BCUT2D eigenvalue weighted by Gasteiger charge is 2.12. The van der Waals surface area contributed by atoms with Gasteiger partial charge in [-0.2, -0.15) is 0 Å². The quantitative estimate of drug-likeness (QED) is 0.619. The van der Waals surface area contributed by atoms with Crippen LogP contribution in [0.1, 0.15) is 18.0 Å². The van der Waals surface area contributed by atoms with Crippen molar-refractivity contribution in [1.29, 1.82) is 0 Å². The van der Waals surface area contributed by atoms with Crippen molar-refractivity contribution < 1.29 is 8.42 Å². The average Bonchev–Trinajstić information content (AvgIpc) is 2.20. The first-order valence-electron chi connectivity index (χ1n) is 4.81. The molecular weight excluding hydrogens is 248 g/mol. The van der Waals surface area contributed by atoms with Crippen molar-refractivity contribution in [1.82, 2.24) is 5.43 Å². The molecule has 0 saturated heterocycles. The van der Waals surface area contributed by atoms with Crippen LogP contribution < -0.4 is 11.3 Å². The molecule has 1 unspecified atom stereocenters. The minimum absolute atomic E-state index is 0.102. The largest absolute Gasteiger partial charge is 0.271 e. The molecule has 0 bridgehead atoms. The molecule has 1 atom stereocenters. The average molecular weight is 263 g/mol. The number of nitrogens with two attached hydrogens (primary N) is 1. The van der Waals surface area contributed by atoms with E-state index in [0.29, 0.717) is 11.4 Å². The number of halogens is 1. The lowest BCUT2D eigenvalue weighted by molar-refractivity contribution is 0.531. The van der Waals surface area contributed by atoms with Gasteiger partial charge in [0.15, 0.2) is 0 Å². The maximum atomic E-state index is 11.0. The van der Waals surface area contributed by atoms with E-state index in [0.717, 1.165) is 5.56 Å². The lowest BCUT2D eigenvalue weighted by Crippen LogP contribution is -2.29. The lowest BCUT2D eigenvalue weighted by Gasteiger charge is -2.15. The Morgan fingerprint density at radius 3 is 2.38 bits per heavy atom. The van der Waals surface area contributed by atoms with E-state index in [9.17, 15) is 8.42 Å². The molecule has 0 amide bonds. The van der Waals surface area contributed by atoms with E-state index in [-0.39, 0.29) is 11.8 Å². The predicted octanol–water partition coefficient (Wildman–Crippen LogP) is 1.28. The van der Waals surface area contributed by atoms with Crippen LogP contribution in [0.15, 0.2) is 24.3 Å². The normalized spacial score (nSPS) is 13.7. The molecular formula is C10H15ClN2O2S. The van der Waals surface area contributed by atoms with E-state index in [2.05, 4.69) is 5.43 Å². The summed E-state index contributed by atoms with van der Waals surface area (Å²) in [6.07, 6.45) is 1.65. The molecule has 1 aromatic carbocycles. The molecule has 1 aromatic rings. The van der Waals surface area contributed by atoms with Crippen LogP contribution in [0.2, 0.25) is 5.02 Å². The molecule has 0 aliphatic carbocycles. The fraction of sp³-hybridized carbons (Fsp3) is 0.400. The minimum atomic E-state index is -2.97. The SMILES string of the molecule is CS(=O)(=O)CCC(NN)c1ccc(Cl)cc1. The van der Waals surface area contributed by atoms with E-state index < -0.39 is 9.84 Å². The molecule has 0 fully saturated rings. The van der Waals surface area contributed by atoms with Crippen LogP contribution in [0.3, 0.4) is 0 Å². The van der Waals surface area contributed by atoms with Gasteiger partial charge >= 0.3 is 0 Å². The van der Waals surface area contributed by atoms with Gasteiger partial charge in [-0.05, 0) is 24.1 Å². The Morgan fingerprint density at radius 1 is 1.38 bits per heavy atom. The Bertz CT molecular complexity index is 431. The molecule has 16 heavy (non-hydrogen) atoms. The zero-order valence-corrected chi connectivity index (χ0v) is 10.6. The molecule has 0 spiro atoms. The fourth-order valence-electron chi connectivity index (χ4n) is 1.37. The van der Waals surface area contributed by atoms with Crippen molar-refractivity contribution in [2.24, 2.45) is 5.84 Å². The van der Waals surface area contributed by atoms with E-state index in [4.69, 9.17) is 17.4 Å². The van der Waals surface area contributed by atoms with Crippen LogP contribution in [0, 0.1) is 0 Å². The van der Waals surface area contributed by atoms with E-state index >= 15 is 0 Å². The molecule has 3 N–H and O–H groups in total. The zero-order chi connectivity index (χ0) is 12.2. The van der Waals surface area contributed by atoms with Gasteiger partial charge in [-0.3, -0.25) is 11.3 Å². The van der Waals surface area contributed by atoms with Gasteiger partial charge in [-0.25, -0.2) is 8.42 Å². The van der Waals surface area contributed by atoms with Crippen molar-refractivity contribution >= 4 is 21.4 Å². The summed E-state index contributed by atoms with van der Waals surface area (Å²) >= 11 is 5.76. The number of hydrogen-bond donors (Lipinski definition) is 2. The maximum absolute atomic E-state index is 11.0. The van der Waals surface area contributed by atoms with Gasteiger partial charge in [0.2, 0.25) is 0 Å². The summed E-state index contributed by atoms with van der Waals surface area (Å²) in [7, 11) is -2.97. The highest BCUT2D eigenvalue weighted by Crippen LogP contribution is 2.19. The number of hydrogen-bond acceptors (Lipinski definition) is 4. The van der Waals surface area contributed by atoms with Gasteiger partial charge in [-0.1, -0.05) is 23.7 Å². The third kappa shape index (κ3) is 4.49. The molecule has 1 rings (SSSR count). The Labute approximate surface area is 101 Å². The van der Waals surface area contributed by atoms with Gasteiger partial charge in [0.25, 0.3) is 0 Å². The Morgan fingerprint density at radius 2 is 1.94 bits per heavy atom. The van der Waals surface area contributed by atoms with Crippen LogP contribution in [0.5, 0.6) is 0 Å². The van der Waals surface area contributed by atoms with E-state index in [1.165, 1.54) is 6.26 Å². The second-order valence-corrected chi connectivity index (χ2v) is 6.39. The zero-order valence-electron chi connectivity index (χ0n) is 8.98. The summed E-state index contributed by atoms with van der Waals surface area (Å²) in [5.41, 5.74) is 3.53. The van der Waals surface area contributed by atoms with Crippen molar-refractivity contribution in [2.75, 3.05) is 12.0 Å². The molecule has 90 valence electrons. The Balaban J connectivity index is 2.71. The number of hydrazine groups is 1. The molecule has 4 nitrogen and oxygen atoms in total. The second kappa shape index (κ2) is 5.63. The van der Waals surface area contributed by atoms with Crippen molar-refractivity contribution in [3.05, 3.63) is 34.9 Å². The van der Waals surface area contributed by atoms with Gasteiger partial charge in [0.05, 0.1) is 5.75 Å². The first-order valence-corrected chi connectivity index (χ1v) is 7.25. The molecule has 0 heterocycles. The monoisotopic (exact) mass is 262 g/mol. The fourth-order valence-corrected chi connectivity index (χ4v) is 2.16. The van der Waals surface area contributed by atoms with Crippen LogP contribution in [-0.4, -0.2) is 20.4 Å². The first-order chi connectivity index (χ1) is 7.42. The van der Waals surface area contributed by atoms with Crippen LogP contribution >= 0.6 is 11.6 Å². The van der Waals surface area contributed by atoms with E-state index in [1.54, 1.807) is 12.1 Å². The highest BCUT2D eigenvalue weighted by atomic mass is 35.5. The molecule has 0 aliphatic rings. The summed E-state index contributed by atoms with van der Waals surface area (Å²) in [6, 6.07) is 6.99. The topological polar surface area (TPSA) is 72.2 Å². The minimum Gasteiger partial charge on any atom is -0.271 e. The summed E-state index contributed by atoms with van der Waals surface area (Å²) in [5.74, 6) is 5.50. The Kier molecular flexibility index (Phi) is 4.73. The maximum Gasteiger partial charge on any atom is 0.147 e.